The van der Waals surface area contributed by atoms with Crippen LogP contribution in [0.15, 0.2) is 0 Å². The van der Waals surface area contributed by atoms with Gasteiger partial charge in [0.2, 0.25) is 5.95 Å². The van der Waals surface area contributed by atoms with Gasteiger partial charge in [0.15, 0.2) is 0 Å². The molecule has 1 aliphatic carbocycles. The molecule has 1 aromatic heterocycles. The summed E-state index contributed by atoms with van der Waals surface area (Å²) in [6.45, 7) is 8.25. The molecule has 4 rings (SSSR count). The van der Waals surface area contributed by atoms with E-state index in [1.165, 1.54) is 133 Å². The van der Waals surface area contributed by atoms with Crippen molar-refractivity contribution >= 4 is 11.8 Å². The highest BCUT2D eigenvalue weighted by molar-refractivity contribution is 5.54. The second-order valence-electron chi connectivity index (χ2n) is 10.5. The van der Waals surface area contributed by atoms with E-state index < -0.39 is 0 Å². The summed E-state index contributed by atoms with van der Waals surface area (Å²) in [7, 11) is 0. The second kappa shape index (κ2) is 12.8. The predicted octanol–water partition coefficient (Wildman–Crippen LogP) is 5.97. The summed E-state index contributed by atoms with van der Waals surface area (Å²) in [5.74, 6) is 2.16. The molecule has 32 heavy (non-hydrogen) atoms. The fourth-order valence-corrected chi connectivity index (χ4v) is 5.81. The molecule has 1 atom stereocenters. The Morgan fingerprint density at radius 3 is 2.38 bits per heavy atom. The predicted molar refractivity (Wildman–Crippen MR) is 136 cm³/mol. The zero-order valence-corrected chi connectivity index (χ0v) is 20.7. The lowest BCUT2D eigenvalue weighted by Crippen LogP contribution is -2.30. The summed E-state index contributed by atoms with van der Waals surface area (Å²) >= 11 is 0. The summed E-state index contributed by atoms with van der Waals surface area (Å²) in [4.78, 5) is 15.4. The van der Waals surface area contributed by atoms with E-state index in [0.717, 1.165) is 25.3 Å². The molecule has 0 radical (unpaired) electrons. The highest BCUT2D eigenvalue weighted by atomic mass is 15.3. The first-order valence-corrected chi connectivity index (χ1v) is 14.0. The number of hydrogen-bond donors (Lipinski definition) is 1. The van der Waals surface area contributed by atoms with Gasteiger partial charge in [0, 0.05) is 37.8 Å². The maximum absolute atomic E-state index is 5.14. The lowest BCUT2D eigenvalue weighted by molar-refractivity contribution is 0.325. The summed E-state index contributed by atoms with van der Waals surface area (Å²) < 4.78 is 0. The fourth-order valence-electron chi connectivity index (χ4n) is 5.81. The fraction of sp³-hybridized carbons (Fsp3) is 0.852. The van der Waals surface area contributed by atoms with Gasteiger partial charge in [-0.05, 0) is 57.9 Å². The quantitative estimate of drug-likeness (QED) is 0.428. The van der Waals surface area contributed by atoms with Crippen molar-refractivity contribution in [3.63, 3.8) is 0 Å². The third-order valence-electron chi connectivity index (χ3n) is 7.75. The molecule has 1 aromatic rings. The average molecular weight is 442 g/mol. The molecule has 1 N–H and O–H groups in total. The van der Waals surface area contributed by atoms with Crippen molar-refractivity contribution in [3.05, 3.63) is 11.3 Å². The Morgan fingerprint density at radius 1 is 0.812 bits per heavy atom. The molecule has 2 aliphatic heterocycles. The van der Waals surface area contributed by atoms with Gasteiger partial charge in [0.05, 0.1) is 5.69 Å². The molecule has 5 nitrogen and oxygen atoms in total. The zero-order chi connectivity index (χ0) is 22.0. The van der Waals surface area contributed by atoms with Crippen molar-refractivity contribution in [2.45, 2.75) is 116 Å². The van der Waals surface area contributed by atoms with E-state index in [1.807, 2.05) is 0 Å². The molecule has 3 aliphatic rings. The Bertz CT molecular complexity index is 683. The molecule has 0 amide bonds. The molecule has 180 valence electrons. The topological polar surface area (TPSA) is 44.3 Å². The molecule has 0 saturated carbocycles. The third-order valence-corrected chi connectivity index (χ3v) is 7.75. The van der Waals surface area contributed by atoms with E-state index >= 15 is 0 Å². The SMILES string of the molecule is CCCCCCCCCN1CCC(Nc2nc3c(c(N4CCCCCC4)n2)CCCC3)C1. The van der Waals surface area contributed by atoms with Crippen molar-refractivity contribution in [1.29, 1.82) is 0 Å². The van der Waals surface area contributed by atoms with E-state index in [2.05, 4.69) is 22.0 Å². The van der Waals surface area contributed by atoms with Gasteiger partial charge in [-0.1, -0.05) is 58.3 Å². The molecule has 0 aromatic carbocycles. The van der Waals surface area contributed by atoms with Crippen molar-refractivity contribution in [2.24, 2.45) is 0 Å². The number of unbranched alkanes of at least 4 members (excludes halogenated alkanes) is 6. The third kappa shape index (κ3) is 6.82. The molecule has 3 heterocycles. The van der Waals surface area contributed by atoms with Crippen LogP contribution < -0.4 is 10.2 Å². The van der Waals surface area contributed by atoms with Crippen molar-refractivity contribution in [3.8, 4) is 0 Å². The van der Waals surface area contributed by atoms with E-state index in [1.54, 1.807) is 0 Å². The molecule has 2 fully saturated rings. The minimum atomic E-state index is 0.498. The standard InChI is InChI=1S/C27H47N5/c1-2-3-4-5-6-7-12-18-31-21-17-23(22-31)28-27-29-25-16-11-10-15-24(25)26(30-27)32-19-13-8-9-14-20-32/h23H,2-22H2,1H3,(H,28,29,30). The van der Waals surface area contributed by atoms with Gasteiger partial charge >= 0.3 is 0 Å². The summed E-state index contributed by atoms with van der Waals surface area (Å²) in [5, 5.41) is 3.75. The van der Waals surface area contributed by atoms with Crippen LogP contribution in [0.3, 0.4) is 0 Å². The van der Waals surface area contributed by atoms with Crippen LogP contribution in [-0.2, 0) is 12.8 Å². The lowest BCUT2D eigenvalue weighted by atomic mass is 9.96. The molecular formula is C27H47N5. The van der Waals surface area contributed by atoms with Crippen LogP contribution in [0, 0.1) is 0 Å². The second-order valence-corrected chi connectivity index (χ2v) is 10.5. The number of likely N-dealkylation sites (tertiary alicyclic amines) is 1. The van der Waals surface area contributed by atoms with Crippen molar-refractivity contribution in [1.82, 2.24) is 14.9 Å². The Morgan fingerprint density at radius 2 is 1.56 bits per heavy atom. The summed E-state index contributed by atoms with van der Waals surface area (Å²) in [6.07, 6.45) is 21.2. The normalized spacial score (nSPS) is 22.0. The molecule has 1 unspecified atom stereocenters. The van der Waals surface area contributed by atoms with Gasteiger partial charge in [-0.2, -0.15) is 4.98 Å². The molecule has 0 spiro atoms. The van der Waals surface area contributed by atoms with Gasteiger partial charge in [-0.15, -0.1) is 0 Å². The number of nitrogens with one attached hydrogen (secondary N) is 1. The number of anilines is 2. The highest BCUT2D eigenvalue weighted by Gasteiger charge is 2.26. The van der Waals surface area contributed by atoms with Crippen LogP contribution in [0.2, 0.25) is 0 Å². The van der Waals surface area contributed by atoms with Crippen molar-refractivity contribution < 1.29 is 0 Å². The lowest BCUT2D eigenvalue weighted by Gasteiger charge is -2.28. The Hall–Kier alpha value is -1.36. The van der Waals surface area contributed by atoms with Crippen LogP contribution >= 0.6 is 0 Å². The van der Waals surface area contributed by atoms with E-state index in [0.29, 0.717) is 6.04 Å². The highest BCUT2D eigenvalue weighted by Crippen LogP contribution is 2.31. The number of aryl methyl sites for hydroxylation is 1. The Labute approximate surface area is 196 Å². The Kier molecular flexibility index (Phi) is 9.49. The number of fused-ring (bicyclic) bond motifs is 1. The maximum atomic E-state index is 5.14. The van der Waals surface area contributed by atoms with E-state index in [9.17, 15) is 0 Å². The van der Waals surface area contributed by atoms with Crippen molar-refractivity contribution in [2.75, 3.05) is 42.9 Å². The first-order chi connectivity index (χ1) is 15.8. The van der Waals surface area contributed by atoms with Crippen LogP contribution in [-0.4, -0.2) is 53.6 Å². The van der Waals surface area contributed by atoms with Crippen LogP contribution in [0.1, 0.15) is 108 Å². The summed E-state index contributed by atoms with van der Waals surface area (Å²) in [6, 6.07) is 0.498. The zero-order valence-electron chi connectivity index (χ0n) is 20.7. The average Bonchev–Trinajstić information content (AvgIpc) is 3.08. The van der Waals surface area contributed by atoms with Crippen LogP contribution in [0.5, 0.6) is 0 Å². The van der Waals surface area contributed by atoms with Gasteiger partial charge < -0.3 is 15.1 Å². The Balaban J connectivity index is 1.30. The minimum absolute atomic E-state index is 0.498. The molecule has 2 saturated heterocycles. The van der Waals surface area contributed by atoms with Gasteiger partial charge in [0.1, 0.15) is 5.82 Å². The largest absolute Gasteiger partial charge is 0.356 e. The molecule has 5 heteroatoms. The smallest absolute Gasteiger partial charge is 0.225 e. The summed E-state index contributed by atoms with van der Waals surface area (Å²) in [5.41, 5.74) is 2.78. The molecule has 0 bridgehead atoms. The van der Waals surface area contributed by atoms with E-state index in [4.69, 9.17) is 9.97 Å². The first-order valence-electron chi connectivity index (χ1n) is 14.0. The number of rotatable bonds is 11. The monoisotopic (exact) mass is 441 g/mol. The number of aromatic nitrogens is 2. The number of hydrogen-bond acceptors (Lipinski definition) is 5. The molecular weight excluding hydrogens is 394 g/mol. The number of nitrogens with zero attached hydrogens (tertiary/aromatic N) is 4. The minimum Gasteiger partial charge on any atom is -0.356 e. The maximum Gasteiger partial charge on any atom is 0.225 e. The van der Waals surface area contributed by atoms with Crippen LogP contribution in [0.25, 0.3) is 0 Å². The first kappa shape index (κ1) is 23.8. The van der Waals surface area contributed by atoms with Gasteiger partial charge in [0.25, 0.3) is 0 Å². The van der Waals surface area contributed by atoms with Gasteiger partial charge in [-0.3, -0.25) is 0 Å². The van der Waals surface area contributed by atoms with Crippen LogP contribution in [0.4, 0.5) is 11.8 Å². The van der Waals surface area contributed by atoms with Gasteiger partial charge in [-0.25, -0.2) is 4.98 Å². The van der Waals surface area contributed by atoms with E-state index in [-0.39, 0.29) is 0 Å².